The van der Waals surface area contributed by atoms with E-state index in [2.05, 4.69) is 30.1 Å². The van der Waals surface area contributed by atoms with Crippen molar-refractivity contribution in [2.45, 2.75) is 57.5 Å². The van der Waals surface area contributed by atoms with E-state index in [4.69, 9.17) is 4.99 Å². The maximum absolute atomic E-state index is 4.78. The Morgan fingerprint density at radius 1 is 1.31 bits per heavy atom. The van der Waals surface area contributed by atoms with E-state index in [9.17, 15) is 0 Å². The Kier molecular flexibility index (Phi) is 2.58. The van der Waals surface area contributed by atoms with Gasteiger partial charge in [0.1, 0.15) is 5.84 Å². The number of aliphatic imine (C=N–C) groups is 1. The molecule has 16 heavy (non-hydrogen) atoms. The minimum absolute atomic E-state index is 0.427. The minimum Gasteiger partial charge on any atom is -0.329 e. The lowest BCUT2D eigenvalue weighted by Gasteiger charge is -2.33. The summed E-state index contributed by atoms with van der Waals surface area (Å²) in [6.07, 6.45) is 14.7. The van der Waals surface area contributed by atoms with Gasteiger partial charge in [-0.1, -0.05) is 18.2 Å². The summed E-state index contributed by atoms with van der Waals surface area (Å²) in [6, 6.07) is 1.05. The normalized spacial score (nSPS) is 33.4. The van der Waals surface area contributed by atoms with Crippen molar-refractivity contribution >= 4 is 5.84 Å². The molecule has 2 nitrogen and oxygen atoms in total. The predicted octanol–water partition coefficient (Wildman–Crippen LogP) is 3.27. The van der Waals surface area contributed by atoms with Crippen LogP contribution in [0.15, 0.2) is 28.9 Å². The Balaban J connectivity index is 1.87. The monoisotopic (exact) mass is 216 g/mol. The molecule has 2 aliphatic carbocycles. The van der Waals surface area contributed by atoms with Crippen molar-refractivity contribution in [3.63, 3.8) is 0 Å². The molecule has 0 aromatic heterocycles. The highest BCUT2D eigenvalue weighted by molar-refractivity contribution is 5.84. The largest absolute Gasteiger partial charge is 0.329 e. The van der Waals surface area contributed by atoms with Crippen LogP contribution in [0.1, 0.15) is 45.4 Å². The molecule has 0 radical (unpaired) electrons. The Hall–Kier alpha value is -1.05. The first-order valence-corrected chi connectivity index (χ1v) is 6.55. The summed E-state index contributed by atoms with van der Waals surface area (Å²) in [6.45, 7) is 2.17. The third kappa shape index (κ3) is 1.60. The topological polar surface area (TPSA) is 15.6 Å². The van der Waals surface area contributed by atoms with E-state index in [1.165, 1.54) is 50.1 Å². The maximum atomic E-state index is 4.78. The third-order valence-corrected chi connectivity index (χ3v) is 3.95. The lowest BCUT2D eigenvalue weighted by Crippen LogP contribution is -2.39. The van der Waals surface area contributed by atoms with Crippen molar-refractivity contribution in [3.8, 4) is 0 Å². The molecule has 0 aromatic carbocycles. The number of nitrogens with zero attached hydrogens (tertiary/aromatic N) is 2. The fourth-order valence-electron chi connectivity index (χ4n) is 3.19. The molecule has 0 amide bonds. The van der Waals surface area contributed by atoms with Crippen LogP contribution in [-0.4, -0.2) is 22.8 Å². The number of amidine groups is 1. The van der Waals surface area contributed by atoms with Crippen LogP contribution in [0.2, 0.25) is 0 Å². The zero-order valence-electron chi connectivity index (χ0n) is 10.0. The second-order valence-electron chi connectivity index (χ2n) is 5.05. The van der Waals surface area contributed by atoms with Gasteiger partial charge >= 0.3 is 0 Å². The third-order valence-electron chi connectivity index (χ3n) is 3.95. The first kappa shape index (κ1) is 10.1. The van der Waals surface area contributed by atoms with Gasteiger partial charge in [-0.05, 0) is 45.4 Å². The Morgan fingerprint density at radius 2 is 2.25 bits per heavy atom. The van der Waals surface area contributed by atoms with Crippen molar-refractivity contribution in [2.24, 2.45) is 4.99 Å². The molecule has 1 heterocycles. The summed E-state index contributed by atoms with van der Waals surface area (Å²) >= 11 is 0. The van der Waals surface area contributed by atoms with Crippen LogP contribution in [0.4, 0.5) is 0 Å². The van der Waals surface area contributed by atoms with E-state index < -0.39 is 0 Å². The van der Waals surface area contributed by atoms with E-state index in [-0.39, 0.29) is 0 Å². The zero-order chi connectivity index (χ0) is 11.0. The summed E-state index contributed by atoms with van der Waals surface area (Å²) in [5.41, 5.74) is 1.54. The molecule has 0 N–H and O–H groups in total. The summed E-state index contributed by atoms with van der Waals surface area (Å²) in [7, 11) is 0. The van der Waals surface area contributed by atoms with Crippen LogP contribution >= 0.6 is 0 Å². The molecule has 2 heteroatoms. The average Bonchev–Trinajstić information content (AvgIpc) is 2.66. The van der Waals surface area contributed by atoms with E-state index in [1.54, 1.807) is 0 Å². The smallest absolute Gasteiger partial charge is 0.101 e. The molecule has 86 valence electrons. The molecule has 0 spiro atoms. The van der Waals surface area contributed by atoms with Gasteiger partial charge in [0.05, 0.1) is 12.1 Å². The molecule has 0 fully saturated rings. The van der Waals surface area contributed by atoms with Crippen LogP contribution in [0, 0.1) is 0 Å². The molecule has 2 atom stereocenters. The number of hydrogen-bond acceptors (Lipinski definition) is 2. The Bertz CT molecular complexity index is 365. The fourth-order valence-corrected chi connectivity index (χ4v) is 3.19. The van der Waals surface area contributed by atoms with E-state index in [0.29, 0.717) is 12.1 Å². The molecule has 3 aliphatic rings. The van der Waals surface area contributed by atoms with Crippen molar-refractivity contribution < 1.29 is 0 Å². The molecule has 2 unspecified atom stereocenters. The second kappa shape index (κ2) is 4.08. The molecule has 1 aliphatic heterocycles. The molecule has 0 saturated heterocycles. The molecule has 3 rings (SSSR count). The predicted molar refractivity (Wildman–Crippen MR) is 67.4 cm³/mol. The Morgan fingerprint density at radius 3 is 3.06 bits per heavy atom. The van der Waals surface area contributed by atoms with Gasteiger partial charge in [-0.15, -0.1) is 0 Å². The number of hydrogen-bond donors (Lipinski definition) is 0. The molecular formula is C14H20N2. The van der Waals surface area contributed by atoms with Crippen molar-refractivity contribution in [3.05, 3.63) is 23.9 Å². The standard InChI is InChI=1S/C14H20N2/c1-11-15-13-9-5-6-10-14(13)16(11)12-7-3-2-4-8-12/h5,7,9,13-14H,2-4,6,8,10H2,1H3. The lowest BCUT2D eigenvalue weighted by atomic mass is 9.95. The van der Waals surface area contributed by atoms with E-state index in [0.717, 1.165) is 0 Å². The number of fused-ring (bicyclic) bond motifs is 1. The van der Waals surface area contributed by atoms with Crippen LogP contribution in [0.25, 0.3) is 0 Å². The highest BCUT2D eigenvalue weighted by atomic mass is 15.3. The first-order valence-electron chi connectivity index (χ1n) is 6.55. The SMILES string of the molecule is CC1=NC2C=CCCC2N1C1=CCCCC1. The highest BCUT2D eigenvalue weighted by Gasteiger charge is 2.35. The van der Waals surface area contributed by atoms with Gasteiger partial charge in [0.25, 0.3) is 0 Å². The number of rotatable bonds is 1. The first-order chi connectivity index (χ1) is 7.86. The maximum Gasteiger partial charge on any atom is 0.101 e. The van der Waals surface area contributed by atoms with Gasteiger partial charge in [0.15, 0.2) is 0 Å². The lowest BCUT2D eigenvalue weighted by molar-refractivity contribution is 0.336. The Labute approximate surface area is 97.7 Å². The van der Waals surface area contributed by atoms with Crippen LogP contribution in [0.5, 0.6) is 0 Å². The fraction of sp³-hybridized carbons (Fsp3) is 0.643. The van der Waals surface area contributed by atoms with Gasteiger partial charge in [-0.2, -0.15) is 0 Å². The summed E-state index contributed by atoms with van der Waals surface area (Å²) in [4.78, 5) is 7.30. The zero-order valence-corrected chi connectivity index (χ0v) is 10.0. The summed E-state index contributed by atoms with van der Waals surface area (Å²) in [5.74, 6) is 1.23. The van der Waals surface area contributed by atoms with E-state index in [1.807, 2.05) is 0 Å². The highest BCUT2D eigenvalue weighted by Crippen LogP contribution is 2.33. The van der Waals surface area contributed by atoms with E-state index >= 15 is 0 Å². The molecule has 0 aromatic rings. The number of allylic oxidation sites excluding steroid dienone is 3. The van der Waals surface area contributed by atoms with Gasteiger partial charge in [-0.3, -0.25) is 4.99 Å². The van der Waals surface area contributed by atoms with Crippen molar-refractivity contribution in [1.29, 1.82) is 0 Å². The molecular weight excluding hydrogens is 196 g/mol. The van der Waals surface area contributed by atoms with Gasteiger partial charge in [0, 0.05) is 5.70 Å². The van der Waals surface area contributed by atoms with Crippen molar-refractivity contribution in [1.82, 2.24) is 4.90 Å². The summed E-state index contributed by atoms with van der Waals surface area (Å²) < 4.78 is 0. The van der Waals surface area contributed by atoms with Crippen molar-refractivity contribution in [2.75, 3.05) is 0 Å². The van der Waals surface area contributed by atoms with Gasteiger partial charge in [0.2, 0.25) is 0 Å². The molecule has 0 saturated carbocycles. The second-order valence-corrected chi connectivity index (χ2v) is 5.05. The average molecular weight is 216 g/mol. The van der Waals surface area contributed by atoms with Gasteiger partial charge < -0.3 is 4.90 Å². The molecule has 0 bridgehead atoms. The van der Waals surface area contributed by atoms with Crippen LogP contribution in [0.3, 0.4) is 0 Å². The quantitative estimate of drug-likeness (QED) is 0.614. The van der Waals surface area contributed by atoms with Crippen LogP contribution in [-0.2, 0) is 0 Å². The summed E-state index contributed by atoms with van der Waals surface area (Å²) in [5, 5.41) is 0. The van der Waals surface area contributed by atoms with Gasteiger partial charge in [-0.25, -0.2) is 0 Å². The van der Waals surface area contributed by atoms with Crippen LogP contribution < -0.4 is 0 Å². The minimum atomic E-state index is 0.427.